The molecular weight excluding hydrogens is 306 g/mol. The number of amides is 2. The summed E-state index contributed by atoms with van der Waals surface area (Å²) >= 11 is 0. The van der Waals surface area contributed by atoms with Gasteiger partial charge in [0.1, 0.15) is 11.6 Å². The molecule has 2 rings (SSSR count). The van der Waals surface area contributed by atoms with Crippen molar-refractivity contribution in [3.63, 3.8) is 0 Å². The Morgan fingerprint density at radius 2 is 2.04 bits per heavy atom. The quantitative estimate of drug-likeness (QED) is 0.924. The maximum absolute atomic E-state index is 12.6. The van der Waals surface area contributed by atoms with Crippen LogP contribution in [0.4, 0.5) is 4.79 Å². The molecule has 1 atom stereocenters. The highest BCUT2D eigenvalue weighted by Crippen LogP contribution is 2.16. The van der Waals surface area contributed by atoms with E-state index in [1.54, 1.807) is 37.8 Å². The SMILES string of the molecule is CC(C)(C)OC(=O)NC1CCCN(Cc2ccc(C#N)cc2)C1=O. The van der Waals surface area contributed by atoms with Crippen molar-refractivity contribution in [2.24, 2.45) is 0 Å². The van der Waals surface area contributed by atoms with Crippen LogP contribution in [0.25, 0.3) is 0 Å². The van der Waals surface area contributed by atoms with Crippen molar-refractivity contribution >= 4 is 12.0 Å². The second-order valence-corrected chi connectivity index (χ2v) is 6.91. The van der Waals surface area contributed by atoms with Gasteiger partial charge in [0.25, 0.3) is 0 Å². The Kier molecular flexibility index (Phi) is 5.45. The molecule has 1 heterocycles. The van der Waals surface area contributed by atoms with Crippen LogP contribution in [0, 0.1) is 11.3 Å². The van der Waals surface area contributed by atoms with E-state index < -0.39 is 17.7 Å². The van der Waals surface area contributed by atoms with E-state index in [-0.39, 0.29) is 5.91 Å². The molecule has 6 heteroatoms. The summed E-state index contributed by atoms with van der Waals surface area (Å²) in [5, 5.41) is 11.5. The number of hydrogen-bond acceptors (Lipinski definition) is 4. The number of alkyl carbamates (subject to hydrolysis) is 1. The molecule has 0 saturated carbocycles. The molecule has 1 N–H and O–H groups in total. The first-order chi connectivity index (χ1) is 11.3. The van der Waals surface area contributed by atoms with E-state index in [0.717, 1.165) is 12.0 Å². The van der Waals surface area contributed by atoms with Crippen LogP contribution < -0.4 is 5.32 Å². The van der Waals surface area contributed by atoms with Gasteiger partial charge in [-0.2, -0.15) is 5.26 Å². The zero-order chi connectivity index (χ0) is 17.7. The number of hydrogen-bond donors (Lipinski definition) is 1. The average molecular weight is 329 g/mol. The average Bonchev–Trinajstić information content (AvgIpc) is 2.50. The molecule has 0 spiro atoms. The number of nitrogens with one attached hydrogen (secondary N) is 1. The van der Waals surface area contributed by atoms with Gasteiger partial charge in [0.15, 0.2) is 0 Å². The number of nitrogens with zero attached hydrogens (tertiary/aromatic N) is 2. The third kappa shape index (κ3) is 4.98. The van der Waals surface area contributed by atoms with Gasteiger partial charge in [-0.15, -0.1) is 0 Å². The maximum Gasteiger partial charge on any atom is 0.408 e. The summed E-state index contributed by atoms with van der Waals surface area (Å²) in [5.74, 6) is -0.100. The van der Waals surface area contributed by atoms with Gasteiger partial charge in [-0.25, -0.2) is 4.79 Å². The maximum atomic E-state index is 12.6. The Bertz CT molecular complexity index is 641. The minimum atomic E-state index is -0.593. The second kappa shape index (κ2) is 7.35. The summed E-state index contributed by atoms with van der Waals surface area (Å²) < 4.78 is 5.22. The smallest absolute Gasteiger partial charge is 0.408 e. The van der Waals surface area contributed by atoms with Crippen LogP contribution >= 0.6 is 0 Å². The first-order valence-corrected chi connectivity index (χ1v) is 8.06. The Hall–Kier alpha value is -2.55. The van der Waals surface area contributed by atoms with E-state index in [9.17, 15) is 9.59 Å². The molecule has 1 aromatic carbocycles. The van der Waals surface area contributed by atoms with E-state index in [1.807, 2.05) is 12.1 Å². The van der Waals surface area contributed by atoms with Crippen LogP contribution in [0.2, 0.25) is 0 Å². The summed E-state index contributed by atoms with van der Waals surface area (Å²) in [4.78, 5) is 26.2. The molecule has 128 valence electrons. The molecule has 1 aromatic rings. The normalized spacial score (nSPS) is 18.0. The van der Waals surface area contributed by atoms with Crippen LogP contribution in [0.5, 0.6) is 0 Å². The summed E-state index contributed by atoms with van der Waals surface area (Å²) in [6.07, 6.45) is 0.866. The van der Waals surface area contributed by atoms with Crippen molar-refractivity contribution in [2.75, 3.05) is 6.54 Å². The standard InChI is InChI=1S/C18H23N3O3/c1-18(2,3)24-17(23)20-15-5-4-10-21(16(15)22)12-14-8-6-13(11-19)7-9-14/h6-9,15H,4-5,10,12H2,1-3H3,(H,20,23). The Balaban J connectivity index is 1.96. The molecule has 1 aliphatic rings. The summed E-state index contributed by atoms with van der Waals surface area (Å²) in [6, 6.07) is 8.68. The van der Waals surface area contributed by atoms with Gasteiger partial charge < -0.3 is 15.0 Å². The van der Waals surface area contributed by atoms with Gasteiger partial charge in [0.05, 0.1) is 11.6 Å². The highest BCUT2D eigenvalue weighted by molar-refractivity contribution is 5.86. The fraction of sp³-hybridized carbons (Fsp3) is 0.500. The predicted molar refractivity (Wildman–Crippen MR) is 89.0 cm³/mol. The molecule has 1 saturated heterocycles. The number of benzene rings is 1. The molecule has 2 amide bonds. The molecular formula is C18H23N3O3. The van der Waals surface area contributed by atoms with Gasteiger partial charge in [-0.1, -0.05) is 12.1 Å². The monoisotopic (exact) mass is 329 g/mol. The largest absolute Gasteiger partial charge is 0.444 e. The van der Waals surface area contributed by atoms with E-state index in [4.69, 9.17) is 10.00 Å². The van der Waals surface area contributed by atoms with Crippen molar-refractivity contribution in [1.29, 1.82) is 5.26 Å². The van der Waals surface area contributed by atoms with Crippen LogP contribution in [0.15, 0.2) is 24.3 Å². The number of rotatable bonds is 3. The van der Waals surface area contributed by atoms with Crippen molar-refractivity contribution < 1.29 is 14.3 Å². The fourth-order valence-electron chi connectivity index (χ4n) is 2.59. The number of likely N-dealkylation sites (tertiary alicyclic amines) is 1. The molecule has 24 heavy (non-hydrogen) atoms. The van der Waals surface area contributed by atoms with Crippen molar-refractivity contribution in [1.82, 2.24) is 10.2 Å². The summed E-state index contributed by atoms with van der Waals surface area (Å²) in [6.45, 7) is 6.48. The predicted octanol–water partition coefficient (Wildman–Crippen LogP) is 2.57. The van der Waals surface area contributed by atoms with Crippen molar-refractivity contribution in [3.8, 4) is 6.07 Å². The highest BCUT2D eigenvalue weighted by atomic mass is 16.6. The fourth-order valence-corrected chi connectivity index (χ4v) is 2.59. The molecule has 1 aliphatic heterocycles. The third-order valence-electron chi connectivity index (χ3n) is 3.68. The number of carbonyl (C=O) groups excluding carboxylic acids is 2. The topological polar surface area (TPSA) is 82.4 Å². The van der Waals surface area contributed by atoms with E-state index in [1.165, 1.54) is 0 Å². The van der Waals surface area contributed by atoms with Crippen LogP contribution in [0.3, 0.4) is 0 Å². The van der Waals surface area contributed by atoms with Gasteiger partial charge in [0, 0.05) is 13.1 Å². The molecule has 0 radical (unpaired) electrons. The van der Waals surface area contributed by atoms with Gasteiger partial charge in [0.2, 0.25) is 5.91 Å². The van der Waals surface area contributed by atoms with Crippen LogP contribution in [-0.4, -0.2) is 35.1 Å². The molecule has 6 nitrogen and oxygen atoms in total. The minimum Gasteiger partial charge on any atom is -0.444 e. The highest BCUT2D eigenvalue weighted by Gasteiger charge is 2.31. The first kappa shape index (κ1) is 17.8. The first-order valence-electron chi connectivity index (χ1n) is 8.06. The van der Waals surface area contributed by atoms with Gasteiger partial charge in [-0.3, -0.25) is 4.79 Å². The zero-order valence-electron chi connectivity index (χ0n) is 14.3. The summed E-state index contributed by atoms with van der Waals surface area (Å²) in [5.41, 5.74) is 0.956. The number of carbonyl (C=O) groups is 2. The number of nitriles is 1. The Morgan fingerprint density at radius 1 is 1.38 bits per heavy atom. The van der Waals surface area contributed by atoms with Crippen LogP contribution in [0.1, 0.15) is 44.7 Å². The summed E-state index contributed by atoms with van der Waals surface area (Å²) in [7, 11) is 0. The lowest BCUT2D eigenvalue weighted by Gasteiger charge is -2.33. The van der Waals surface area contributed by atoms with Gasteiger partial charge in [-0.05, 0) is 51.3 Å². The van der Waals surface area contributed by atoms with Crippen LogP contribution in [-0.2, 0) is 16.1 Å². The van der Waals surface area contributed by atoms with Crippen molar-refractivity contribution in [2.45, 2.75) is 51.8 Å². The number of ether oxygens (including phenoxy) is 1. The zero-order valence-corrected chi connectivity index (χ0v) is 14.3. The molecule has 0 bridgehead atoms. The third-order valence-corrected chi connectivity index (χ3v) is 3.68. The lowest BCUT2D eigenvalue weighted by atomic mass is 10.0. The number of piperidine rings is 1. The lowest BCUT2D eigenvalue weighted by molar-refractivity contribution is -0.136. The molecule has 1 unspecified atom stereocenters. The Labute approximate surface area is 142 Å². The van der Waals surface area contributed by atoms with Gasteiger partial charge >= 0.3 is 6.09 Å². The molecule has 1 fully saturated rings. The Morgan fingerprint density at radius 3 is 2.62 bits per heavy atom. The molecule has 0 aliphatic carbocycles. The molecule has 0 aromatic heterocycles. The van der Waals surface area contributed by atoms with E-state index in [0.29, 0.717) is 25.1 Å². The van der Waals surface area contributed by atoms with Crippen molar-refractivity contribution in [3.05, 3.63) is 35.4 Å². The second-order valence-electron chi connectivity index (χ2n) is 6.91. The van der Waals surface area contributed by atoms with E-state index in [2.05, 4.69) is 11.4 Å². The minimum absolute atomic E-state index is 0.100. The van der Waals surface area contributed by atoms with E-state index >= 15 is 0 Å². The lowest BCUT2D eigenvalue weighted by Crippen LogP contribution is -2.52.